The van der Waals surface area contributed by atoms with Gasteiger partial charge in [0.25, 0.3) is 0 Å². The largest absolute Gasteiger partial charge is 0.366 e. The van der Waals surface area contributed by atoms with Gasteiger partial charge in [0.05, 0.1) is 0 Å². The van der Waals surface area contributed by atoms with Crippen LogP contribution in [0.2, 0.25) is 0 Å². The quantitative estimate of drug-likeness (QED) is 0.444. The number of hydrogen-bond donors (Lipinski definition) is 0. The molecule has 2 heteroatoms. The summed E-state index contributed by atoms with van der Waals surface area (Å²) in [7, 11) is 1.57. The number of alkyl halides is 1. The zero-order chi connectivity index (χ0) is 4.28. The number of ether oxygens (including phenoxy) is 1. The molecule has 0 aromatic carbocycles. The highest BCUT2D eigenvalue weighted by Gasteiger charge is 1.82. The lowest BCUT2D eigenvalue weighted by Gasteiger charge is -1.91. The topological polar surface area (TPSA) is 9.23 Å². The first-order valence-electron chi connectivity index (χ1n) is 1.44. The maximum Gasteiger partial charge on any atom is 0.128 e. The molecule has 1 nitrogen and oxygen atoms in total. The molecule has 0 rings (SSSR count). The van der Waals surface area contributed by atoms with E-state index in [9.17, 15) is 0 Å². The molecule has 0 aliphatic carbocycles. The molecule has 0 heterocycles. The van der Waals surface area contributed by atoms with Gasteiger partial charge in [0.2, 0.25) is 0 Å². The van der Waals surface area contributed by atoms with E-state index in [-0.39, 0.29) is 5.56 Å². The molecule has 0 unspecified atom stereocenters. The molecule has 0 N–H and O–H groups in total. The van der Waals surface area contributed by atoms with Gasteiger partial charge in [-0.3, -0.25) is 0 Å². The van der Waals surface area contributed by atoms with E-state index in [1.54, 1.807) is 14.0 Å². The number of rotatable bonds is 1. The molecule has 0 amide bonds. The minimum Gasteiger partial charge on any atom is -0.366 e. The van der Waals surface area contributed by atoms with Crippen molar-refractivity contribution in [3.8, 4) is 0 Å². The fourth-order valence-corrected chi connectivity index (χ4v) is 0. The Labute approximate surface area is 36.9 Å². The van der Waals surface area contributed by atoms with Crippen LogP contribution in [0.25, 0.3) is 0 Å². The molecule has 5 heavy (non-hydrogen) atoms. The second-order valence-electron chi connectivity index (χ2n) is 0.779. The highest BCUT2D eigenvalue weighted by molar-refractivity contribution is 6.19. The van der Waals surface area contributed by atoms with Gasteiger partial charge in [-0.05, 0) is 6.92 Å². The van der Waals surface area contributed by atoms with Gasteiger partial charge in [0.1, 0.15) is 5.56 Å². The van der Waals surface area contributed by atoms with E-state index >= 15 is 0 Å². The second-order valence-corrected chi connectivity index (χ2v) is 1.39. The molecule has 0 saturated carbocycles. The lowest BCUT2D eigenvalue weighted by molar-refractivity contribution is 0.182. The van der Waals surface area contributed by atoms with Crippen LogP contribution >= 0.6 is 11.6 Å². The van der Waals surface area contributed by atoms with Gasteiger partial charge in [0, 0.05) is 7.11 Å². The maximum absolute atomic E-state index is 5.24. The fraction of sp³-hybridized carbons (Fsp3) is 1.00. The van der Waals surface area contributed by atoms with E-state index in [0.29, 0.717) is 0 Å². The lowest BCUT2D eigenvalue weighted by atomic mass is 10.9. The molecule has 32 valence electrons. The monoisotopic (exact) mass is 94.0 g/mol. The van der Waals surface area contributed by atoms with E-state index in [2.05, 4.69) is 4.74 Å². The smallest absolute Gasteiger partial charge is 0.128 e. The van der Waals surface area contributed by atoms with Gasteiger partial charge in [0.15, 0.2) is 0 Å². The minimum atomic E-state index is -0.144. The Hall–Kier alpha value is 0.250. The summed E-state index contributed by atoms with van der Waals surface area (Å²) in [5.74, 6) is 0. The Morgan fingerprint density at radius 2 is 2.00 bits per heavy atom. The summed E-state index contributed by atoms with van der Waals surface area (Å²) in [5.41, 5.74) is -0.144. The van der Waals surface area contributed by atoms with Crippen molar-refractivity contribution < 1.29 is 4.74 Å². The van der Waals surface area contributed by atoms with Crippen molar-refractivity contribution in [1.29, 1.82) is 0 Å². The van der Waals surface area contributed by atoms with Gasteiger partial charge >= 0.3 is 0 Å². The van der Waals surface area contributed by atoms with E-state index in [4.69, 9.17) is 11.6 Å². The summed E-state index contributed by atoms with van der Waals surface area (Å²) in [6.45, 7) is 1.77. The number of hydrogen-bond acceptors (Lipinski definition) is 1. The third-order valence-corrected chi connectivity index (χ3v) is 0.503. The third-order valence-electron chi connectivity index (χ3n) is 0.325. The Bertz CT molecular complexity index is 20.9. The van der Waals surface area contributed by atoms with Crippen molar-refractivity contribution in [2.24, 2.45) is 0 Å². The zero-order valence-electron chi connectivity index (χ0n) is 3.36. The van der Waals surface area contributed by atoms with E-state index in [1.165, 1.54) is 0 Å². The van der Waals surface area contributed by atoms with E-state index < -0.39 is 0 Å². The SMILES string of the molecule is CO[C@H](C)Cl. The van der Waals surface area contributed by atoms with Crippen molar-refractivity contribution in [3.05, 3.63) is 0 Å². The zero-order valence-corrected chi connectivity index (χ0v) is 4.12. The van der Waals surface area contributed by atoms with Gasteiger partial charge < -0.3 is 4.74 Å². The predicted octanol–water partition coefficient (Wildman–Crippen LogP) is 1.22. The Kier molecular flexibility index (Phi) is 2.61. The fourth-order valence-electron chi connectivity index (χ4n) is 0. The minimum absolute atomic E-state index is 0.144. The number of methoxy groups -OCH3 is 1. The third kappa shape index (κ3) is 4.25. The van der Waals surface area contributed by atoms with E-state index in [0.717, 1.165) is 0 Å². The van der Waals surface area contributed by atoms with E-state index in [1.807, 2.05) is 0 Å². The molecular formula is C3H7ClO. The van der Waals surface area contributed by atoms with Crippen LogP contribution in [0, 0.1) is 0 Å². The van der Waals surface area contributed by atoms with Crippen LogP contribution in [-0.4, -0.2) is 12.7 Å². The summed E-state index contributed by atoms with van der Waals surface area (Å²) >= 11 is 5.24. The molecule has 0 fully saturated rings. The maximum atomic E-state index is 5.24. The normalized spacial score (nSPS) is 15.0. The molecule has 0 bridgehead atoms. The lowest BCUT2D eigenvalue weighted by Crippen LogP contribution is -1.89. The van der Waals surface area contributed by atoms with Crippen molar-refractivity contribution >= 4 is 11.6 Å². The van der Waals surface area contributed by atoms with Crippen LogP contribution in [0.5, 0.6) is 0 Å². The van der Waals surface area contributed by atoms with Crippen LogP contribution in [0.1, 0.15) is 6.92 Å². The molecule has 0 saturated heterocycles. The van der Waals surface area contributed by atoms with Gasteiger partial charge in [-0.2, -0.15) is 0 Å². The summed E-state index contributed by atoms with van der Waals surface area (Å²) in [5, 5.41) is 0. The molecule has 1 atom stereocenters. The Morgan fingerprint density at radius 1 is 1.80 bits per heavy atom. The highest BCUT2D eigenvalue weighted by Crippen LogP contribution is 1.89. The second kappa shape index (κ2) is 2.49. The molecule has 0 aliphatic heterocycles. The first-order chi connectivity index (χ1) is 2.27. The van der Waals surface area contributed by atoms with Crippen LogP contribution in [-0.2, 0) is 4.74 Å². The molecular weight excluding hydrogens is 87.5 g/mol. The molecule has 0 aromatic heterocycles. The molecule has 0 aromatic rings. The predicted molar refractivity (Wildman–Crippen MR) is 22.3 cm³/mol. The van der Waals surface area contributed by atoms with Crippen molar-refractivity contribution in [2.45, 2.75) is 12.5 Å². The average molecular weight is 94.5 g/mol. The first kappa shape index (κ1) is 5.25. The van der Waals surface area contributed by atoms with Gasteiger partial charge in [-0.1, -0.05) is 11.6 Å². The highest BCUT2D eigenvalue weighted by atomic mass is 35.5. The summed E-state index contributed by atoms with van der Waals surface area (Å²) in [4.78, 5) is 0. The number of halogens is 1. The standard InChI is InChI=1S/C3H7ClO/c1-3(4)5-2/h3H,1-2H3/t3-/m1/s1. The Morgan fingerprint density at radius 3 is 2.00 bits per heavy atom. The van der Waals surface area contributed by atoms with Gasteiger partial charge in [-0.15, -0.1) is 0 Å². The summed E-state index contributed by atoms with van der Waals surface area (Å²) < 4.78 is 4.52. The Balaban J connectivity index is 2.54. The summed E-state index contributed by atoms with van der Waals surface area (Å²) in [6.07, 6.45) is 0. The van der Waals surface area contributed by atoms with Crippen LogP contribution in [0.15, 0.2) is 0 Å². The van der Waals surface area contributed by atoms with Crippen LogP contribution in [0.3, 0.4) is 0 Å². The first-order valence-corrected chi connectivity index (χ1v) is 1.88. The van der Waals surface area contributed by atoms with Crippen molar-refractivity contribution in [1.82, 2.24) is 0 Å². The summed E-state index contributed by atoms with van der Waals surface area (Å²) in [6, 6.07) is 0. The average Bonchev–Trinajstić information content (AvgIpc) is 1.38. The van der Waals surface area contributed by atoms with Crippen molar-refractivity contribution in [2.75, 3.05) is 7.11 Å². The molecule has 0 spiro atoms. The van der Waals surface area contributed by atoms with Crippen LogP contribution in [0.4, 0.5) is 0 Å². The van der Waals surface area contributed by atoms with Gasteiger partial charge in [-0.25, -0.2) is 0 Å². The van der Waals surface area contributed by atoms with Crippen LogP contribution < -0.4 is 0 Å². The van der Waals surface area contributed by atoms with Crippen molar-refractivity contribution in [3.63, 3.8) is 0 Å². The molecule has 0 radical (unpaired) electrons. The molecule has 0 aliphatic rings.